The van der Waals surface area contributed by atoms with E-state index in [2.05, 4.69) is 4.74 Å². The Hall–Kier alpha value is -2.51. The number of hydrogen-bond acceptors (Lipinski definition) is 4. The fourth-order valence-corrected chi connectivity index (χ4v) is 1.78. The van der Waals surface area contributed by atoms with Crippen molar-refractivity contribution in [2.75, 3.05) is 7.11 Å². The molecule has 0 aliphatic carbocycles. The summed E-state index contributed by atoms with van der Waals surface area (Å²) in [6, 6.07) is 13.2. The molecule has 0 N–H and O–H groups in total. The number of esters is 1. The number of rotatable bonds is 3. The molecule has 2 rings (SSSR count). The zero-order valence-corrected chi connectivity index (χ0v) is 11.3. The fraction of sp³-hybridized carbons (Fsp3) is 0.0667. The van der Waals surface area contributed by atoms with Crippen LogP contribution in [-0.4, -0.2) is 13.1 Å². The third-order valence-corrected chi connectivity index (χ3v) is 2.86. The van der Waals surface area contributed by atoms with Crippen molar-refractivity contribution in [3.05, 3.63) is 58.6 Å². The molecule has 0 aromatic heterocycles. The summed E-state index contributed by atoms with van der Waals surface area (Å²) < 4.78 is 10.2. The lowest BCUT2D eigenvalue weighted by Crippen LogP contribution is -2.00. The van der Waals surface area contributed by atoms with Crippen molar-refractivity contribution >= 4 is 17.6 Å². The molecule has 0 unspecified atom stereocenters. The molecule has 0 spiro atoms. The largest absolute Gasteiger partial charge is 0.465 e. The summed E-state index contributed by atoms with van der Waals surface area (Å²) in [5, 5.41) is 9.10. The van der Waals surface area contributed by atoms with Crippen LogP contribution in [0.15, 0.2) is 42.5 Å². The van der Waals surface area contributed by atoms with Crippen LogP contribution in [0.2, 0.25) is 5.02 Å². The van der Waals surface area contributed by atoms with Crippen LogP contribution < -0.4 is 4.74 Å². The fourth-order valence-electron chi connectivity index (χ4n) is 1.56. The standard InChI is InChI=1S/C15H10ClNO3/c1-19-15(18)11-3-5-12(6-4-11)20-14-7-2-10(9-17)8-13(14)16/h2-8H,1H3. The lowest BCUT2D eigenvalue weighted by atomic mass is 10.2. The van der Waals surface area contributed by atoms with Crippen molar-refractivity contribution in [2.45, 2.75) is 0 Å². The first kappa shape index (κ1) is 13.9. The quantitative estimate of drug-likeness (QED) is 0.806. The van der Waals surface area contributed by atoms with Gasteiger partial charge in [0.1, 0.15) is 11.5 Å². The van der Waals surface area contributed by atoms with Gasteiger partial charge in [-0.05, 0) is 42.5 Å². The Morgan fingerprint density at radius 2 is 1.90 bits per heavy atom. The Balaban J connectivity index is 2.18. The molecular formula is C15H10ClNO3. The molecule has 2 aromatic carbocycles. The normalized spacial score (nSPS) is 9.65. The van der Waals surface area contributed by atoms with Gasteiger partial charge in [-0.25, -0.2) is 4.79 Å². The molecule has 20 heavy (non-hydrogen) atoms. The average molecular weight is 288 g/mol. The Bertz CT molecular complexity index is 675. The lowest BCUT2D eigenvalue weighted by molar-refractivity contribution is 0.0600. The smallest absolute Gasteiger partial charge is 0.337 e. The highest BCUT2D eigenvalue weighted by atomic mass is 35.5. The predicted molar refractivity (Wildman–Crippen MR) is 74.0 cm³/mol. The van der Waals surface area contributed by atoms with E-state index >= 15 is 0 Å². The van der Waals surface area contributed by atoms with Crippen LogP contribution in [0, 0.1) is 11.3 Å². The van der Waals surface area contributed by atoms with E-state index in [9.17, 15) is 4.79 Å². The summed E-state index contributed by atoms with van der Waals surface area (Å²) in [5.41, 5.74) is 0.897. The first-order valence-corrected chi connectivity index (χ1v) is 6.07. The van der Waals surface area contributed by atoms with Gasteiger partial charge in [-0.1, -0.05) is 11.6 Å². The molecule has 0 fully saturated rings. The number of carbonyl (C=O) groups excluding carboxylic acids is 1. The van der Waals surface area contributed by atoms with Crippen molar-refractivity contribution in [3.8, 4) is 17.6 Å². The Morgan fingerprint density at radius 1 is 1.20 bits per heavy atom. The van der Waals surface area contributed by atoms with Crippen molar-refractivity contribution in [1.82, 2.24) is 0 Å². The molecule has 0 amide bonds. The summed E-state index contributed by atoms with van der Waals surface area (Å²) in [6.45, 7) is 0. The van der Waals surface area contributed by atoms with Gasteiger partial charge in [0.25, 0.3) is 0 Å². The van der Waals surface area contributed by atoms with Crippen LogP contribution in [0.3, 0.4) is 0 Å². The second-order valence-electron chi connectivity index (χ2n) is 3.88. The zero-order chi connectivity index (χ0) is 14.5. The van der Waals surface area contributed by atoms with E-state index < -0.39 is 5.97 Å². The van der Waals surface area contributed by atoms with Gasteiger partial charge in [0.15, 0.2) is 0 Å². The van der Waals surface area contributed by atoms with Crippen molar-refractivity contribution in [1.29, 1.82) is 5.26 Å². The van der Waals surface area contributed by atoms with Gasteiger partial charge in [0.2, 0.25) is 0 Å². The molecule has 0 saturated carbocycles. The second-order valence-corrected chi connectivity index (χ2v) is 4.28. The minimum Gasteiger partial charge on any atom is -0.465 e. The predicted octanol–water partition coefficient (Wildman–Crippen LogP) is 3.79. The second kappa shape index (κ2) is 6.09. The van der Waals surface area contributed by atoms with Crippen LogP contribution in [0.1, 0.15) is 15.9 Å². The molecule has 0 atom stereocenters. The van der Waals surface area contributed by atoms with Crippen LogP contribution in [0.25, 0.3) is 0 Å². The van der Waals surface area contributed by atoms with Gasteiger partial charge in [-0.3, -0.25) is 0 Å². The van der Waals surface area contributed by atoms with E-state index in [1.807, 2.05) is 6.07 Å². The van der Waals surface area contributed by atoms with E-state index in [4.69, 9.17) is 21.6 Å². The molecule has 0 heterocycles. The first-order chi connectivity index (χ1) is 9.63. The number of hydrogen-bond donors (Lipinski definition) is 0. The van der Waals surface area contributed by atoms with Gasteiger partial charge >= 0.3 is 5.97 Å². The summed E-state index contributed by atoms with van der Waals surface area (Å²) in [6.07, 6.45) is 0. The maximum Gasteiger partial charge on any atom is 0.337 e. The molecule has 0 saturated heterocycles. The molecule has 4 nitrogen and oxygen atoms in total. The molecule has 0 aliphatic rings. The number of ether oxygens (including phenoxy) is 2. The Labute approximate surface area is 121 Å². The van der Waals surface area contributed by atoms with Gasteiger partial charge in [0.05, 0.1) is 29.3 Å². The minimum absolute atomic E-state index is 0.348. The zero-order valence-electron chi connectivity index (χ0n) is 10.6. The lowest BCUT2D eigenvalue weighted by Gasteiger charge is -2.08. The third kappa shape index (κ3) is 3.08. The number of carbonyl (C=O) groups is 1. The summed E-state index contributed by atoms with van der Waals surface area (Å²) in [4.78, 5) is 11.3. The number of halogens is 1. The van der Waals surface area contributed by atoms with Crippen molar-refractivity contribution in [2.24, 2.45) is 0 Å². The van der Waals surface area contributed by atoms with E-state index in [0.717, 1.165) is 0 Å². The molecule has 0 bridgehead atoms. The molecule has 5 heteroatoms. The van der Waals surface area contributed by atoms with Crippen molar-refractivity contribution in [3.63, 3.8) is 0 Å². The van der Waals surface area contributed by atoms with Crippen LogP contribution in [-0.2, 0) is 4.74 Å². The molecular weight excluding hydrogens is 278 g/mol. The summed E-state index contributed by atoms with van der Waals surface area (Å²) in [7, 11) is 1.32. The molecule has 2 aromatic rings. The number of methoxy groups -OCH3 is 1. The van der Waals surface area contributed by atoms with Gasteiger partial charge < -0.3 is 9.47 Å². The first-order valence-electron chi connectivity index (χ1n) is 5.70. The van der Waals surface area contributed by atoms with E-state index in [0.29, 0.717) is 27.6 Å². The summed E-state index contributed by atoms with van der Waals surface area (Å²) in [5.74, 6) is 0.564. The molecule has 0 aliphatic heterocycles. The minimum atomic E-state index is -0.409. The van der Waals surface area contributed by atoms with Gasteiger partial charge in [-0.15, -0.1) is 0 Å². The van der Waals surface area contributed by atoms with Crippen LogP contribution in [0.4, 0.5) is 0 Å². The van der Waals surface area contributed by atoms with E-state index in [-0.39, 0.29) is 0 Å². The van der Waals surface area contributed by atoms with Crippen LogP contribution in [0.5, 0.6) is 11.5 Å². The van der Waals surface area contributed by atoms with E-state index in [1.165, 1.54) is 13.2 Å². The monoisotopic (exact) mass is 287 g/mol. The van der Waals surface area contributed by atoms with Crippen LogP contribution >= 0.6 is 11.6 Å². The molecule has 100 valence electrons. The maximum atomic E-state index is 11.3. The summed E-state index contributed by atoms with van der Waals surface area (Å²) >= 11 is 6.01. The number of nitriles is 1. The number of benzene rings is 2. The highest BCUT2D eigenvalue weighted by Gasteiger charge is 2.07. The average Bonchev–Trinajstić information content (AvgIpc) is 2.49. The molecule has 0 radical (unpaired) electrons. The SMILES string of the molecule is COC(=O)c1ccc(Oc2ccc(C#N)cc2Cl)cc1. The van der Waals surface area contributed by atoms with Gasteiger partial charge in [0, 0.05) is 0 Å². The number of nitrogens with zero attached hydrogens (tertiary/aromatic N) is 1. The maximum absolute atomic E-state index is 11.3. The van der Waals surface area contributed by atoms with E-state index in [1.54, 1.807) is 36.4 Å². The van der Waals surface area contributed by atoms with Crippen molar-refractivity contribution < 1.29 is 14.3 Å². The highest BCUT2D eigenvalue weighted by molar-refractivity contribution is 6.32. The Kier molecular flexibility index (Phi) is 4.24. The topological polar surface area (TPSA) is 59.3 Å². The third-order valence-electron chi connectivity index (χ3n) is 2.56. The van der Waals surface area contributed by atoms with Gasteiger partial charge in [-0.2, -0.15) is 5.26 Å². The Morgan fingerprint density at radius 3 is 2.45 bits per heavy atom. The highest BCUT2D eigenvalue weighted by Crippen LogP contribution is 2.30.